The van der Waals surface area contributed by atoms with Crippen molar-refractivity contribution in [3.05, 3.63) is 33.1 Å². The van der Waals surface area contributed by atoms with Crippen LogP contribution in [0.5, 0.6) is 0 Å². The van der Waals surface area contributed by atoms with Gasteiger partial charge in [0, 0.05) is 25.3 Å². The third kappa shape index (κ3) is 11.8. The van der Waals surface area contributed by atoms with E-state index in [1.54, 1.807) is 0 Å². The second kappa shape index (κ2) is 19.1. The topological polar surface area (TPSA) is 120 Å². The number of carbonyl (C=O) groups is 1. The molecule has 0 saturated carbocycles. The van der Waals surface area contributed by atoms with Crippen molar-refractivity contribution in [2.45, 2.75) is 141 Å². The van der Waals surface area contributed by atoms with Crippen LogP contribution in [-0.2, 0) is 19.0 Å². The molecule has 38 heavy (non-hydrogen) atoms. The Hall–Kier alpha value is -1.97. The molecule has 2 rings (SSSR count). The number of ether oxygens (including phenoxy) is 3. The minimum Gasteiger partial charge on any atom is -0.469 e. The number of hydrogen-bond acceptors (Lipinski definition) is 7. The molecular weight excluding hydrogens is 488 g/mol. The van der Waals surface area contributed by atoms with Gasteiger partial charge in [0.15, 0.2) is 6.23 Å². The highest BCUT2D eigenvalue weighted by Crippen LogP contribution is 2.32. The molecule has 2 heterocycles. The van der Waals surface area contributed by atoms with Crippen molar-refractivity contribution in [1.82, 2.24) is 9.55 Å². The highest BCUT2D eigenvalue weighted by molar-refractivity contribution is 5.68. The normalized spacial score (nSPS) is 21.1. The molecule has 2 N–H and O–H groups in total. The van der Waals surface area contributed by atoms with Crippen LogP contribution in [0.3, 0.4) is 0 Å². The molecule has 4 unspecified atom stereocenters. The standard InChI is InChI=1S/C29H50N2O7/c1-3-23-26(34)27(28(38-23)31-21-20-24(32)30-29(31)35)37-22-18-16-14-12-10-8-6-4-5-7-9-11-13-15-17-19-25(33)36-2/h20-21,23,26-28,34H,3-19,22H2,1-2H3,(H,30,32,35). The van der Waals surface area contributed by atoms with Crippen molar-refractivity contribution < 1.29 is 24.1 Å². The molecule has 218 valence electrons. The Labute approximate surface area is 227 Å². The number of aliphatic hydroxyl groups excluding tert-OH is 1. The predicted octanol–water partition coefficient (Wildman–Crippen LogP) is 5.00. The Balaban J connectivity index is 1.46. The summed E-state index contributed by atoms with van der Waals surface area (Å²) in [5.74, 6) is -0.0991. The van der Waals surface area contributed by atoms with Gasteiger partial charge in [-0.3, -0.25) is 19.1 Å². The van der Waals surface area contributed by atoms with E-state index in [0.29, 0.717) is 19.4 Å². The van der Waals surface area contributed by atoms with Crippen LogP contribution in [0.2, 0.25) is 0 Å². The van der Waals surface area contributed by atoms with E-state index in [1.165, 1.54) is 94.6 Å². The second-order valence-corrected chi connectivity index (χ2v) is 10.4. The maximum Gasteiger partial charge on any atom is 0.330 e. The molecule has 1 aromatic rings. The van der Waals surface area contributed by atoms with Gasteiger partial charge in [0.2, 0.25) is 0 Å². The second-order valence-electron chi connectivity index (χ2n) is 10.4. The van der Waals surface area contributed by atoms with Gasteiger partial charge >= 0.3 is 11.7 Å². The number of H-pyrrole nitrogens is 1. The molecule has 9 nitrogen and oxygen atoms in total. The lowest BCUT2D eigenvalue weighted by atomic mass is 10.0. The number of aromatic nitrogens is 2. The number of unbranched alkanes of at least 4 members (excludes halogenated alkanes) is 14. The highest BCUT2D eigenvalue weighted by atomic mass is 16.6. The first-order valence-corrected chi connectivity index (χ1v) is 14.8. The summed E-state index contributed by atoms with van der Waals surface area (Å²) in [7, 11) is 1.45. The number of nitrogens with one attached hydrogen (secondary N) is 1. The van der Waals surface area contributed by atoms with E-state index in [1.807, 2.05) is 6.92 Å². The van der Waals surface area contributed by atoms with Gasteiger partial charge in [0.1, 0.15) is 12.2 Å². The lowest BCUT2D eigenvalue weighted by Crippen LogP contribution is -2.39. The monoisotopic (exact) mass is 538 g/mol. The van der Waals surface area contributed by atoms with Crippen LogP contribution < -0.4 is 11.2 Å². The third-order valence-corrected chi connectivity index (χ3v) is 7.40. The van der Waals surface area contributed by atoms with Crippen LogP contribution in [0.4, 0.5) is 0 Å². The van der Waals surface area contributed by atoms with Crippen molar-refractivity contribution >= 4 is 5.97 Å². The van der Waals surface area contributed by atoms with Crippen LogP contribution in [0, 0.1) is 0 Å². The van der Waals surface area contributed by atoms with E-state index in [0.717, 1.165) is 25.7 Å². The van der Waals surface area contributed by atoms with Gasteiger partial charge < -0.3 is 19.3 Å². The summed E-state index contributed by atoms with van der Waals surface area (Å²) in [6.45, 7) is 2.42. The number of methoxy groups -OCH3 is 1. The lowest BCUT2D eigenvalue weighted by molar-refractivity contribution is -0.140. The molecule has 9 heteroatoms. The molecule has 4 atom stereocenters. The first-order valence-electron chi connectivity index (χ1n) is 14.8. The summed E-state index contributed by atoms with van der Waals surface area (Å²) in [6.07, 6.45) is 18.0. The molecular formula is C29H50N2O7. The SMILES string of the molecule is CCC1OC(n2ccc(=O)[nH]c2=O)C(OCCCCCCCCCCCCCCCCCC(=O)OC)C1O. The van der Waals surface area contributed by atoms with Crippen LogP contribution in [0.25, 0.3) is 0 Å². The zero-order chi connectivity index (χ0) is 27.6. The van der Waals surface area contributed by atoms with Crippen molar-refractivity contribution in [3.63, 3.8) is 0 Å². The molecule has 0 aliphatic carbocycles. The fourth-order valence-electron chi connectivity index (χ4n) is 5.08. The first kappa shape index (κ1) is 32.2. The number of aromatic amines is 1. The van der Waals surface area contributed by atoms with E-state index < -0.39 is 35.8 Å². The van der Waals surface area contributed by atoms with Crippen molar-refractivity contribution in [2.24, 2.45) is 0 Å². The Morgan fingerprint density at radius 3 is 1.95 bits per heavy atom. The van der Waals surface area contributed by atoms with E-state index in [-0.39, 0.29) is 5.97 Å². The van der Waals surface area contributed by atoms with Gasteiger partial charge in [-0.1, -0.05) is 90.4 Å². The summed E-state index contributed by atoms with van der Waals surface area (Å²) in [6, 6.07) is 1.27. The quantitative estimate of drug-likeness (QED) is 0.167. The zero-order valence-electron chi connectivity index (χ0n) is 23.5. The first-order chi connectivity index (χ1) is 18.5. The number of hydrogen-bond donors (Lipinski definition) is 2. The molecule has 1 fully saturated rings. The average Bonchev–Trinajstić information content (AvgIpc) is 3.22. The van der Waals surface area contributed by atoms with E-state index >= 15 is 0 Å². The van der Waals surface area contributed by atoms with Crippen LogP contribution in [0.15, 0.2) is 21.9 Å². The largest absolute Gasteiger partial charge is 0.469 e. The minimum atomic E-state index is -0.818. The van der Waals surface area contributed by atoms with Crippen LogP contribution >= 0.6 is 0 Å². The Bertz CT molecular complexity index is 884. The molecule has 1 aliphatic rings. The van der Waals surface area contributed by atoms with Crippen LogP contribution in [0.1, 0.15) is 122 Å². The summed E-state index contributed by atoms with van der Waals surface area (Å²) >= 11 is 0. The summed E-state index contributed by atoms with van der Waals surface area (Å²) in [5.41, 5.74) is -1.03. The predicted molar refractivity (Wildman–Crippen MR) is 147 cm³/mol. The van der Waals surface area contributed by atoms with Gasteiger partial charge in [0.25, 0.3) is 5.56 Å². The number of rotatable bonds is 21. The highest BCUT2D eigenvalue weighted by Gasteiger charge is 2.44. The molecule has 0 spiro atoms. The van der Waals surface area contributed by atoms with Gasteiger partial charge in [0.05, 0.1) is 13.2 Å². The molecule has 1 aliphatic heterocycles. The summed E-state index contributed by atoms with van der Waals surface area (Å²) < 4.78 is 17.8. The number of aliphatic hydroxyl groups is 1. The van der Waals surface area contributed by atoms with E-state index in [9.17, 15) is 19.5 Å². The Morgan fingerprint density at radius 2 is 1.45 bits per heavy atom. The van der Waals surface area contributed by atoms with Crippen molar-refractivity contribution in [1.29, 1.82) is 0 Å². The summed E-state index contributed by atoms with van der Waals surface area (Å²) in [4.78, 5) is 36.9. The van der Waals surface area contributed by atoms with Gasteiger partial charge in [-0.25, -0.2) is 4.79 Å². The molecule has 1 aromatic heterocycles. The van der Waals surface area contributed by atoms with Crippen molar-refractivity contribution in [2.75, 3.05) is 13.7 Å². The maximum atomic E-state index is 12.2. The van der Waals surface area contributed by atoms with Gasteiger partial charge in [-0.05, 0) is 19.3 Å². The maximum absolute atomic E-state index is 12.2. The number of nitrogens with zero attached hydrogens (tertiary/aromatic N) is 1. The van der Waals surface area contributed by atoms with E-state index in [2.05, 4.69) is 9.72 Å². The molecule has 0 radical (unpaired) electrons. The number of esters is 1. The van der Waals surface area contributed by atoms with E-state index in [4.69, 9.17) is 9.47 Å². The average molecular weight is 539 g/mol. The third-order valence-electron chi connectivity index (χ3n) is 7.40. The summed E-state index contributed by atoms with van der Waals surface area (Å²) in [5, 5.41) is 10.6. The molecule has 1 saturated heterocycles. The molecule has 0 bridgehead atoms. The fourth-order valence-corrected chi connectivity index (χ4v) is 5.08. The Kier molecular flexibility index (Phi) is 16.2. The van der Waals surface area contributed by atoms with Gasteiger partial charge in [-0.2, -0.15) is 0 Å². The molecule has 0 aromatic carbocycles. The fraction of sp³-hybridized carbons (Fsp3) is 0.828. The smallest absolute Gasteiger partial charge is 0.330 e. The minimum absolute atomic E-state index is 0.0991. The van der Waals surface area contributed by atoms with Crippen LogP contribution in [-0.4, -0.2) is 52.7 Å². The number of carbonyl (C=O) groups excluding carboxylic acids is 1. The lowest BCUT2D eigenvalue weighted by Gasteiger charge is -2.22. The zero-order valence-corrected chi connectivity index (χ0v) is 23.5. The Morgan fingerprint density at radius 1 is 0.921 bits per heavy atom. The molecule has 0 amide bonds. The van der Waals surface area contributed by atoms with Gasteiger partial charge in [-0.15, -0.1) is 0 Å². The van der Waals surface area contributed by atoms with Crippen molar-refractivity contribution in [3.8, 4) is 0 Å².